The highest BCUT2D eigenvalue weighted by Gasteiger charge is 2.32. The van der Waals surface area contributed by atoms with Crippen molar-refractivity contribution in [2.45, 2.75) is 6.92 Å². The Morgan fingerprint density at radius 1 is 1.36 bits per heavy atom. The van der Waals surface area contributed by atoms with Gasteiger partial charge in [0.05, 0.1) is 6.61 Å². The predicted octanol–water partition coefficient (Wildman–Crippen LogP) is -0.192. The number of rotatable bonds is 6. The van der Waals surface area contributed by atoms with Gasteiger partial charge in [-0.05, 0) is 12.5 Å². The van der Waals surface area contributed by atoms with E-state index in [1.807, 2.05) is 0 Å². The Balaban J connectivity index is 4.09. The van der Waals surface area contributed by atoms with Crippen LogP contribution in [0.25, 0.3) is 0 Å². The highest BCUT2D eigenvalue weighted by molar-refractivity contribution is 7.60. The summed E-state index contributed by atoms with van der Waals surface area (Å²) in [4.78, 5) is 25.2. The molecule has 0 aromatic rings. The Morgan fingerprint density at radius 2 is 1.86 bits per heavy atom. The fourth-order valence-corrected chi connectivity index (χ4v) is 2.15. The van der Waals surface area contributed by atoms with Gasteiger partial charge < -0.3 is 20.4 Å². The minimum Gasteiger partial charge on any atom is -0.330 e. The molecule has 0 aliphatic heterocycles. The monoisotopic (exact) mass is 249 g/mol. The van der Waals surface area contributed by atoms with Crippen molar-refractivity contribution in [3.05, 3.63) is 0 Å². The van der Waals surface area contributed by atoms with Gasteiger partial charge in [-0.15, -0.1) is 0 Å². The first-order valence-electron chi connectivity index (χ1n) is 3.60. The fourth-order valence-electron chi connectivity index (χ4n) is 0.447. The molecule has 5 N–H and O–H groups in total. The molecule has 0 rings (SSSR count). The molecule has 0 fully saturated rings. The van der Waals surface area contributed by atoms with Crippen molar-refractivity contribution in [3.8, 4) is 0 Å². The molecule has 0 aromatic carbocycles. The predicted molar refractivity (Wildman–Crippen MR) is 47.1 cm³/mol. The van der Waals surface area contributed by atoms with Gasteiger partial charge in [0.25, 0.3) is 0 Å². The van der Waals surface area contributed by atoms with Gasteiger partial charge in [-0.3, -0.25) is 4.52 Å². The summed E-state index contributed by atoms with van der Waals surface area (Å²) in [6.07, 6.45) is 0. The van der Waals surface area contributed by atoms with Gasteiger partial charge in [0.2, 0.25) is 0 Å². The molecule has 0 radical (unpaired) electrons. The van der Waals surface area contributed by atoms with Crippen LogP contribution in [-0.4, -0.2) is 27.8 Å². The van der Waals surface area contributed by atoms with Gasteiger partial charge in [0.1, 0.15) is 0 Å². The van der Waals surface area contributed by atoms with Crippen LogP contribution < -0.4 is 5.73 Å². The van der Waals surface area contributed by atoms with Crippen LogP contribution in [-0.2, 0) is 18.0 Å². The van der Waals surface area contributed by atoms with Crippen molar-refractivity contribution in [2.75, 3.05) is 13.2 Å². The van der Waals surface area contributed by atoms with Crippen LogP contribution >= 0.6 is 15.6 Å². The summed E-state index contributed by atoms with van der Waals surface area (Å²) in [5.41, 5.74) is 5.18. The van der Waals surface area contributed by atoms with E-state index in [0.717, 1.165) is 0 Å². The summed E-state index contributed by atoms with van der Waals surface area (Å²) < 4.78 is 28.8. The average Bonchev–Trinajstić information content (AvgIpc) is 1.96. The third-order valence-electron chi connectivity index (χ3n) is 1.13. The third kappa shape index (κ3) is 7.61. The zero-order valence-corrected chi connectivity index (χ0v) is 9.23. The maximum Gasteiger partial charge on any atom is 0.481 e. The maximum atomic E-state index is 10.8. The quantitative estimate of drug-likeness (QED) is 0.475. The van der Waals surface area contributed by atoms with E-state index < -0.39 is 15.6 Å². The Hall–Kier alpha value is 0.220. The molecule has 0 heterocycles. The van der Waals surface area contributed by atoms with Crippen LogP contribution in [0.1, 0.15) is 6.92 Å². The van der Waals surface area contributed by atoms with E-state index in [1.54, 1.807) is 6.92 Å². The average molecular weight is 249 g/mol. The largest absolute Gasteiger partial charge is 0.481 e. The molecule has 0 aromatic heterocycles. The van der Waals surface area contributed by atoms with Crippen molar-refractivity contribution in [3.63, 3.8) is 0 Å². The molecular formula is C4H13NO7P2. The molecule has 0 saturated heterocycles. The molecular weight excluding hydrogens is 236 g/mol. The SMILES string of the molecule is CC(CN)COP(=O)(O)OP(=O)(O)O. The molecule has 2 unspecified atom stereocenters. The lowest BCUT2D eigenvalue weighted by Gasteiger charge is -2.14. The summed E-state index contributed by atoms with van der Waals surface area (Å²) in [7, 11) is -9.72. The van der Waals surface area contributed by atoms with Gasteiger partial charge in [-0.25, -0.2) is 9.13 Å². The molecule has 0 aliphatic rings. The van der Waals surface area contributed by atoms with Gasteiger partial charge in [-0.2, -0.15) is 4.31 Å². The third-order valence-corrected chi connectivity index (χ3v) is 3.29. The number of nitrogens with two attached hydrogens (primary N) is 1. The van der Waals surface area contributed by atoms with E-state index in [9.17, 15) is 9.13 Å². The van der Waals surface area contributed by atoms with E-state index in [0.29, 0.717) is 0 Å². The Morgan fingerprint density at radius 3 is 2.21 bits per heavy atom. The second-order valence-electron chi connectivity index (χ2n) is 2.68. The minimum atomic E-state index is -5.02. The summed E-state index contributed by atoms with van der Waals surface area (Å²) in [5, 5.41) is 0. The van der Waals surface area contributed by atoms with Crippen LogP contribution in [0.15, 0.2) is 0 Å². The van der Waals surface area contributed by atoms with Crippen LogP contribution in [0.4, 0.5) is 0 Å². The maximum absolute atomic E-state index is 10.8. The Bertz CT molecular complexity index is 262. The highest BCUT2D eigenvalue weighted by atomic mass is 31.3. The van der Waals surface area contributed by atoms with Crippen molar-refractivity contribution < 1.29 is 32.6 Å². The van der Waals surface area contributed by atoms with Crippen molar-refractivity contribution in [1.82, 2.24) is 0 Å². The molecule has 0 saturated carbocycles. The van der Waals surface area contributed by atoms with E-state index in [-0.39, 0.29) is 19.1 Å². The van der Waals surface area contributed by atoms with Crippen LogP contribution in [0, 0.1) is 5.92 Å². The highest BCUT2D eigenvalue weighted by Crippen LogP contribution is 2.57. The first kappa shape index (κ1) is 14.2. The lowest BCUT2D eigenvalue weighted by atomic mass is 10.2. The lowest BCUT2D eigenvalue weighted by Crippen LogP contribution is -2.16. The van der Waals surface area contributed by atoms with Crippen LogP contribution in [0.2, 0.25) is 0 Å². The van der Waals surface area contributed by atoms with Gasteiger partial charge >= 0.3 is 15.6 Å². The second kappa shape index (κ2) is 5.34. The van der Waals surface area contributed by atoms with Crippen molar-refractivity contribution >= 4 is 15.6 Å². The van der Waals surface area contributed by atoms with Crippen molar-refractivity contribution in [2.24, 2.45) is 11.7 Å². The number of phosphoric acid groups is 2. The summed E-state index contributed by atoms with van der Waals surface area (Å²) >= 11 is 0. The summed E-state index contributed by atoms with van der Waals surface area (Å²) in [5.74, 6) is -0.212. The molecule has 0 amide bonds. The lowest BCUT2D eigenvalue weighted by molar-refractivity contribution is 0.162. The van der Waals surface area contributed by atoms with E-state index in [4.69, 9.17) is 20.4 Å². The topological polar surface area (TPSA) is 139 Å². The second-order valence-corrected chi connectivity index (χ2v) is 5.51. The normalized spacial score (nSPS) is 18.9. The van der Waals surface area contributed by atoms with Crippen molar-refractivity contribution in [1.29, 1.82) is 0 Å². The minimum absolute atomic E-state index is 0.212. The number of hydrogen-bond donors (Lipinski definition) is 4. The molecule has 0 spiro atoms. The molecule has 10 heteroatoms. The first-order chi connectivity index (χ1) is 6.16. The van der Waals surface area contributed by atoms with E-state index >= 15 is 0 Å². The van der Waals surface area contributed by atoms with Gasteiger partial charge in [-0.1, -0.05) is 6.92 Å². The molecule has 0 bridgehead atoms. The van der Waals surface area contributed by atoms with E-state index in [1.165, 1.54) is 0 Å². The fraction of sp³-hybridized carbons (Fsp3) is 1.00. The van der Waals surface area contributed by atoms with Gasteiger partial charge in [0.15, 0.2) is 0 Å². The Kier molecular flexibility index (Phi) is 5.43. The number of phosphoric ester groups is 1. The molecule has 8 nitrogen and oxygen atoms in total. The van der Waals surface area contributed by atoms with Gasteiger partial charge in [0, 0.05) is 0 Å². The Labute approximate surface area is 80.9 Å². The molecule has 14 heavy (non-hydrogen) atoms. The molecule has 2 atom stereocenters. The first-order valence-corrected chi connectivity index (χ1v) is 6.63. The molecule has 0 aliphatic carbocycles. The van der Waals surface area contributed by atoms with Crippen LogP contribution in [0.3, 0.4) is 0 Å². The van der Waals surface area contributed by atoms with Crippen LogP contribution in [0.5, 0.6) is 0 Å². The van der Waals surface area contributed by atoms with E-state index in [2.05, 4.69) is 8.83 Å². The zero-order valence-electron chi connectivity index (χ0n) is 7.44. The summed E-state index contributed by atoms with van der Waals surface area (Å²) in [6, 6.07) is 0. The summed E-state index contributed by atoms with van der Waals surface area (Å²) in [6.45, 7) is 1.64. The standard InChI is InChI=1S/C4H13NO7P2/c1-4(2-5)3-11-14(9,10)12-13(6,7)8/h4H,2-3,5H2,1H3,(H,9,10)(H2,6,7,8). The zero-order chi connectivity index (χ0) is 11.4. The molecule has 86 valence electrons. The smallest absolute Gasteiger partial charge is 0.330 e. The number of hydrogen-bond acceptors (Lipinski definition) is 5.